The van der Waals surface area contributed by atoms with Gasteiger partial charge in [0.2, 0.25) is 0 Å². The second-order valence-corrected chi connectivity index (χ2v) is 9.77. The number of H-pyrrole nitrogens is 1. The van der Waals surface area contributed by atoms with E-state index in [1.54, 1.807) is 6.20 Å². The first-order chi connectivity index (χ1) is 14.7. The molecule has 1 atom stereocenters. The Labute approximate surface area is 184 Å². The van der Waals surface area contributed by atoms with Gasteiger partial charge in [-0.1, -0.05) is 26.7 Å². The van der Waals surface area contributed by atoms with Crippen molar-refractivity contribution in [2.75, 3.05) is 5.32 Å². The smallest absolute Gasteiger partial charge is 0.405 e. The van der Waals surface area contributed by atoms with Crippen molar-refractivity contribution in [2.45, 2.75) is 45.6 Å². The molecule has 3 aromatic heterocycles. The standard InChI is InChI=1S/C22H24N6O2S/c1-5-12-11-23-20(26-19(12)24-17-10-14(27-28-17)13-6-7-13)16-9-8-15(31-16)18(22(2,3)4)25-21(29)30/h1,8-11,13,18,25H,6-7H2,2-4H3,(H,29,30)(H2,23,24,26,27,28). The van der Waals surface area contributed by atoms with Crippen LogP contribution in [0.3, 0.4) is 0 Å². The molecule has 3 aromatic rings. The molecule has 8 nitrogen and oxygen atoms in total. The predicted octanol–water partition coefficient (Wildman–Crippen LogP) is 4.89. The molecule has 0 spiro atoms. The number of amides is 1. The molecule has 31 heavy (non-hydrogen) atoms. The Balaban J connectivity index is 1.62. The predicted molar refractivity (Wildman–Crippen MR) is 120 cm³/mol. The Kier molecular flexibility index (Phi) is 5.41. The van der Waals surface area contributed by atoms with E-state index in [1.807, 2.05) is 39.0 Å². The fourth-order valence-corrected chi connectivity index (χ4v) is 4.54. The summed E-state index contributed by atoms with van der Waals surface area (Å²) >= 11 is 1.46. The number of nitrogens with one attached hydrogen (secondary N) is 3. The van der Waals surface area contributed by atoms with E-state index in [0.29, 0.717) is 28.9 Å². The summed E-state index contributed by atoms with van der Waals surface area (Å²) in [5, 5.41) is 22.4. The Morgan fingerprint density at radius 3 is 2.81 bits per heavy atom. The highest BCUT2D eigenvalue weighted by Gasteiger charge is 2.29. The van der Waals surface area contributed by atoms with E-state index >= 15 is 0 Å². The van der Waals surface area contributed by atoms with Gasteiger partial charge in [0.15, 0.2) is 17.5 Å². The van der Waals surface area contributed by atoms with E-state index in [9.17, 15) is 9.90 Å². The van der Waals surface area contributed by atoms with E-state index in [0.717, 1.165) is 15.4 Å². The SMILES string of the molecule is C#Cc1cnc(-c2ccc(C(NC(=O)O)C(C)(C)C)s2)nc1Nc1cc(C2CC2)[nH]n1. The van der Waals surface area contributed by atoms with Crippen molar-refractivity contribution in [3.05, 3.63) is 40.5 Å². The summed E-state index contributed by atoms with van der Waals surface area (Å²) in [6, 6.07) is 5.44. The molecule has 1 saturated carbocycles. The highest BCUT2D eigenvalue weighted by Crippen LogP contribution is 2.40. The molecule has 0 bridgehead atoms. The summed E-state index contributed by atoms with van der Waals surface area (Å²) in [6.45, 7) is 5.98. The van der Waals surface area contributed by atoms with Crippen molar-refractivity contribution >= 4 is 29.1 Å². The fraction of sp³-hybridized carbons (Fsp3) is 0.364. The number of hydrogen-bond donors (Lipinski definition) is 4. The average Bonchev–Trinajstić information content (AvgIpc) is 3.26. The van der Waals surface area contributed by atoms with Crippen molar-refractivity contribution in [1.82, 2.24) is 25.5 Å². The molecule has 0 saturated heterocycles. The van der Waals surface area contributed by atoms with Crippen LogP contribution in [-0.4, -0.2) is 31.4 Å². The molecule has 0 aliphatic heterocycles. The highest BCUT2D eigenvalue weighted by atomic mass is 32.1. The topological polar surface area (TPSA) is 116 Å². The molecule has 1 aliphatic rings. The quantitative estimate of drug-likeness (QED) is 0.409. The third-order valence-corrected chi connectivity index (χ3v) is 6.22. The van der Waals surface area contributed by atoms with Gasteiger partial charge in [0.05, 0.1) is 16.5 Å². The number of anilines is 2. The molecule has 4 N–H and O–H groups in total. The molecule has 4 rings (SSSR count). The second kappa shape index (κ2) is 8.04. The molecule has 0 aromatic carbocycles. The van der Waals surface area contributed by atoms with Gasteiger partial charge in [0, 0.05) is 28.8 Å². The number of terminal acetylenes is 1. The lowest BCUT2D eigenvalue weighted by Crippen LogP contribution is -2.35. The van der Waals surface area contributed by atoms with Crippen molar-refractivity contribution in [2.24, 2.45) is 5.41 Å². The van der Waals surface area contributed by atoms with E-state index in [-0.39, 0.29) is 11.5 Å². The van der Waals surface area contributed by atoms with Crippen LogP contribution in [0.15, 0.2) is 24.4 Å². The maximum Gasteiger partial charge on any atom is 0.405 e. The van der Waals surface area contributed by atoms with E-state index in [2.05, 4.69) is 36.7 Å². The third-order valence-electron chi connectivity index (χ3n) is 5.07. The van der Waals surface area contributed by atoms with Crippen molar-refractivity contribution in [1.29, 1.82) is 0 Å². The van der Waals surface area contributed by atoms with Crippen LogP contribution in [0.2, 0.25) is 0 Å². The molecule has 1 aliphatic carbocycles. The van der Waals surface area contributed by atoms with Crippen LogP contribution in [0.25, 0.3) is 10.7 Å². The monoisotopic (exact) mass is 436 g/mol. The first kappa shape index (κ1) is 20.9. The molecule has 1 fully saturated rings. The summed E-state index contributed by atoms with van der Waals surface area (Å²) in [7, 11) is 0. The summed E-state index contributed by atoms with van der Waals surface area (Å²) in [5.41, 5.74) is 1.36. The minimum absolute atomic E-state index is 0.291. The molecule has 3 heterocycles. The minimum atomic E-state index is -1.06. The van der Waals surface area contributed by atoms with Gasteiger partial charge in [-0.2, -0.15) is 5.10 Å². The van der Waals surface area contributed by atoms with Crippen LogP contribution in [0.5, 0.6) is 0 Å². The van der Waals surface area contributed by atoms with Gasteiger partial charge in [0.25, 0.3) is 0 Å². The van der Waals surface area contributed by atoms with Crippen LogP contribution < -0.4 is 10.6 Å². The van der Waals surface area contributed by atoms with Gasteiger partial charge in [0.1, 0.15) is 0 Å². The molecule has 9 heteroatoms. The third kappa shape index (κ3) is 4.70. The highest BCUT2D eigenvalue weighted by molar-refractivity contribution is 7.15. The lowest BCUT2D eigenvalue weighted by molar-refractivity contribution is 0.175. The van der Waals surface area contributed by atoms with Gasteiger partial charge in [-0.3, -0.25) is 5.10 Å². The average molecular weight is 437 g/mol. The van der Waals surface area contributed by atoms with E-state index in [4.69, 9.17) is 6.42 Å². The maximum absolute atomic E-state index is 11.3. The molecular formula is C22H24N6O2S. The first-order valence-corrected chi connectivity index (χ1v) is 10.8. The number of rotatable bonds is 6. The number of thiophene rings is 1. The number of hydrogen-bond acceptors (Lipinski definition) is 6. The largest absolute Gasteiger partial charge is 0.465 e. The Morgan fingerprint density at radius 1 is 1.39 bits per heavy atom. The van der Waals surface area contributed by atoms with Crippen LogP contribution in [-0.2, 0) is 0 Å². The number of aromatic nitrogens is 4. The molecule has 160 valence electrons. The van der Waals surface area contributed by atoms with Crippen LogP contribution in [0.1, 0.15) is 61.7 Å². The Morgan fingerprint density at radius 2 is 2.16 bits per heavy atom. The molecular weight excluding hydrogens is 412 g/mol. The molecule has 1 amide bonds. The van der Waals surface area contributed by atoms with Crippen molar-refractivity contribution in [3.63, 3.8) is 0 Å². The summed E-state index contributed by atoms with van der Waals surface area (Å²) in [4.78, 5) is 22.0. The first-order valence-electron chi connectivity index (χ1n) is 10.00. The zero-order valence-corrected chi connectivity index (χ0v) is 18.4. The lowest BCUT2D eigenvalue weighted by atomic mass is 9.86. The molecule has 0 radical (unpaired) electrons. The lowest BCUT2D eigenvalue weighted by Gasteiger charge is -2.29. The number of aromatic amines is 1. The van der Waals surface area contributed by atoms with E-state index < -0.39 is 6.09 Å². The Bertz CT molecular complexity index is 1150. The van der Waals surface area contributed by atoms with Crippen LogP contribution in [0.4, 0.5) is 16.4 Å². The van der Waals surface area contributed by atoms with Crippen LogP contribution >= 0.6 is 11.3 Å². The second-order valence-electron chi connectivity index (χ2n) is 8.66. The summed E-state index contributed by atoms with van der Waals surface area (Å²) in [6.07, 6.45) is 8.55. The fourth-order valence-electron chi connectivity index (χ4n) is 3.29. The number of nitrogens with zero attached hydrogens (tertiary/aromatic N) is 3. The van der Waals surface area contributed by atoms with Gasteiger partial charge >= 0.3 is 6.09 Å². The van der Waals surface area contributed by atoms with Crippen molar-refractivity contribution < 1.29 is 9.90 Å². The zero-order valence-electron chi connectivity index (χ0n) is 17.6. The maximum atomic E-state index is 11.3. The van der Waals surface area contributed by atoms with Gasteiger partial charge in [-0.05, 0) is 30.4 Å². The van der Waals surface area contributed by atoms with Crippen LogP contribution in [0, 0.1) is 17.8 Å². The van der Waals surface area contributed by atoms with E-state index in [1.165, 1.54) is 24.2 Å². The van der Waals surface area contributed by atoms with Gasteiger partial charge in [-0.15, -0.1) is 17.8 Å². The van der Waals surface area contributed by atoms with Gasteiger partial charge < -0.3 is 15.7 Å². The summed E-state index contributed by atoms with van der Waals surface area (Å²) in [5.74, 6) is 4.85. The zero-order chi connectivity index (χ0) is 22.2. The minimum Gasteiger partial charge on any atom is -0.465 e. The summed E-state index contributed by atoms with van der Waals surface area (Å²) < 4.78 is 0. The normalized spacial score (nSPS) is 14.6. The van der Waals surface area contributed by atoms with Crippen molar-refractivity contribution in [3.8, 4) is 23.0 Å². The molecule has 1 unspecified atom stereocenters. The Hall–Kier alpha value is -3.38. The number of carbonyl (C=O) groups is 1. The van der Waals surface area contributed by atoms with Gasteiger partial charge in [-0.25, -0.2) is 14.8 Å². The number of carboxylic acid groups (broad SMARTS) is 1.